The molecule has 0 aromatic carbocycles. The van der Waals surface area contributed by atoms with Crippen molar-refractivity contribution in [3.8, 4) is 0 Å². The van der Waals surface area contributed by atoms with Crippen LogP contribution in [0.25, 0.3) is 0 Å². The summed E-state index contributed by atoms with van der Waals surface area (Å²) in [4.78, 5) is 29.8. The molecule has 1 aliphatic rings. The van der Waals surface area contributed by atoms with Gasteiger partial charge in [-0.05, 0) is 32.9 Å². The summed E-state index contributed by atoms with van der Waals surface area (Å²) in [7, 11) is 0. The minimum absolute atomic E-state index is 0.0538. The molecule has 1 aromatic rings. The molecule has 2 amide bonds. The van der Waals surface area contributed by atoms with E-state index in [4.69, 9.17) is 0 Å². The van der Waals surface area contributed by atoms with Gasteiger partial charge in [0.15, 0.2) is 0 Å². The molecule has 0 aliphatic carbocycles. The smallest absolute Gasteiger partial charge is 0.229 e. The monoisotopic (exact) mass is 261 g/mol. The minimum Gasteiger partial charge on any atom is -0.339 e. The number of rotatable bonds is 3. The second-order valence-electron chi connectivity index (χ2n) is 5.17. The van der Waals surface area contributed by atoms with Gasteiger partial charge in [-0.3, -0.25) is 14.6 Å². The summed E-state index contributed by atoms with van der Waals surface area (Å²) < 4.78 is 0. The first kappa shape index (κ1) is 13.5. The normalized spacial score (nSPS) is 19.1. The Morgan fingerprint density at radius 2 is 2.26 bits per heavy atom. The molecule has 1 aliphatic heterocycles. The van der Waals surface area contributed by atoms with E-state index in [9.17, 15) is 9.59 Å². The van der Waals surface area contributed by atoms with Crippen LogP contribution in [0, 0.1) is 12.8 Å². The van der Waals surface area contributed by atoms with Crippen molar-refractivity contribution in [2.24, 2.45) is 5.92 Å². The zero-order chi connectivity index (χ0) is 14.0. The highest BCUT2D eigenvalue weighted by Gasteiger charge is 2.35. The minimum atomic E-state index is -0.269. The molecule has 2 heterocycles. The molecule has 5 nitrogen and oxygen atoms in total. The van der Waals surface area contributed by atoms with Gasteiger partial charge in [0.25, 0.3) is 0 Å². The standard InChI is InChI=1S/C14H19N3O2/c1-9(2)17-8-11(7-13(17)18)14(19)16-12-5-4-6-15-10(12)3/h4-6,9,11H,7-8H2,1-3H3,(H,16,19). The van der Waals surface area contributed by atoms with Gasteiger partial charge in [-0.1, -0.05) is 0 Å². The maximum atomic E-state index is 12.2. The number of nitrogens with one attached hydrogen (secondary N) is 1. The van der Waals surface area contributed by atoms with Crippen molar-refractivity contribution in [2.45, 2.75) is 33.2 Å². The predicted octanol–water partition coefficient (Wildman–Crippen LogP) is 1.59. The summed E-state index contributed by atoms with van der Waals surface area (Å²) in [6, 6.07) is 3.74. The van der Waals surface area contributed by atoms with Crippen molar-refractivity contribution < 1.29 is 9.59 Å². The fraction of sp³-hybridized carbons (Fsp3) is 0.500. The van der Waals surface area contributed by atoms with E-state index in [1.807, 2.05) is 26.8 Å². The Balaban J connectivity index is 2.02. The van der Waals surface area contributed by atoms with Gasteiger partial charge < -0.3 is 10.2 Å². The van der Waals surface area contributed by atoms with E-state index >= 15 is 0 Å². The number of carbonyl (C=O) groups is 2. The van der Waals surface area contributed by atoms with Gasteiger partial charge in [0.05, 0.1) is 17.3 Å². The first-order chi connectivity index (χ1) is 8.99. The van der Waals surface area contributed by atoms with Crippen molar-refractivity contribution in [2.75, 3.05) is 11.9 Å². The maximum absolute atomic E-state index is 12.2. The van der Waals surface area contributed by atoms with Crippen LogP contribution in [0.5, 0.6) is 0 Å². The molecule has 2 rings (SSSR count). The SMILES string of the molecule is Cc1ncccc1NC(=O)C1CC(=O)N(C(C)C)C1. The Bertz CT molecular complexity index is 499. The van der Waals surface area contributed by atoms with Crippen LogP contribution < -0.4 is 5.32 Å². The van der Waals surface area contributed by atoms with Gasteiger partial charge >= 0.3 is 0 Å². The summed E-state index contributed by atoms with van der Waals surface area (Å²) in [5.74, 6) is -0.319. The van der Waals surface area contributed by atoms with Crippen LogP contribution in [0.1, 0.15) is 26.0 Å². The van der Waals surface area contributed by atoms with Gasteiger partial charge in [-0.25, -0.2) is 0 Å². The summed E-state index contributed by atoms with van der Waals surface area (Å²) >= 11 is 0. The lowest BCUT2D eigenvalue weighted by Crippen LogP contribution is -2.33. The fourth-order valence-electron chi connectivity index (χ4n) is 2.26. The third-order valence-corrected chi connectivity index (χ3v) is 3.42. The summed E-state index contributed by atoms with van der Waals surface area (Å²) in [5, 5.41) is 2.85. The molecule has 1 saturated heterocycles. The molecule has 0 radical (unpaired) electrons. The number of likely N-dealkylation sites (tertiary alicyclic amines) is 1. The number of nitrogens with zero attached hydrogens (tertiary/aromatic N) is 2. The third kappa shape index (κ3) is 2.92. The Hall–Kier alpha value is -1.91. The number of pyridine rings is 1. The van der Waals surface area contributed by atoms with E-state index in [0.717, 1.165) is 5.69 Å². The van der Waals surface area contributed by atoms with Crippen LogP contribution in [0.4, 0.5) is 5.69 Å². The number of aryl methyl sites for hydroxylation is 1. The average molecular weight is 261 g/mol. The molecule has 102 valence electrons. The highest BCUT2D eigenvalue weighted by atomic mass is 16.2. The summed E-state index contributed by atoms with van der Waals surface area (Å²) in [6.07, 6.45) is 1.98. The van der Waals surface area contributed by atoms with Crippen molar-refractivity contribution in [3.63, 3.8) is 0 Å². The zero-order valence-electron chi connectivity index (χ0n) is 11.5. The fourth-order valence-corrected chi connectivity index (χ4v) is 2.26. The van der Waals surface area contributed by atoms with Crippen LogP contribution in [0.15, 0.2) is 18.3 Å². The second-order valence-corrected chi connectivity index (χ2v) is 5.17. The maximum Gasteiger partial charge on any atom is 0.229 e. The van der Waals surface area contributed by atoms with Crippen molar-refractivity contribution in [1.29, 1.82) is 0 Å². The van der Waals surface area contributed by atoms with E-state index in [1.54, 1.807) is 17.2 Å². The number of amides is 2. The topological polar surface area (TPSA) is 62.3 Å². The molecule has 1 atom stereocenters. The van der Waals surface area contributed by atoms with Crippen LogP contribution in [-0.2, 0) is 9.59 Å². The highest BCUT2D eigenvalue weighted by molar-refractivity contribution is 5.97. The molecular weight excluding hydrogens is 242 g/mol. The third-order valence-electron chi connectivity index (χ3n) is 3.42. The quantitative estimate of drug-likeness (QED) is 0.898. The summed E-state index contributed by atoms with van der Waals surface area (Å²) in [6.45, 7) is 6.27. The molecule has 0 bridgehead atoms. The van der Waals surface area contributed by atoms with E-state index in [0.29, 0.717) is 18.7 Å². The predicted molar refractivity (Wildman–Crippen MR) is 72.6 cm³/mol. The first-order valence-corrected chi connectivity index (χ1v) is 6.51. The molecule has 1 aromatic heterocycles. The number of aromatic nitrogens is 1. The average Bonchev–Trinajstić information content (AvgIpc) is 2.74. The number of hydrogen-bond donors (Lipinski definition) is 1. The molecule has 1 fully saturated rings. The van der Waals surface area contributed by atoms with Crippen LogP contribution in [-0.4, -0.2) is 34.3 Å². The van der Waals surface area contributed by atoms with E-state index < -0.39 is 0 Å². The van der Waals surface area contributed by atoms with E-state index in [-0.39, 0.29) is 23.8 Å². The first-order valence-electron chi connectivity index (χ1n) is 6.51. The largest absolute Gasteiger partial charge is 0.339 e. The van der Waals surface area contributed by atoms with Crippen molar-refractivity contribution in [1.82, 2.24) is 9.88 Å². The highest BCUT2D eigenvalue weighted by Crippen LogP contribution is 2.22. The molecule has 5 heteroatoms. The van der Waals surface area contributed by atoms with Crippen molar-refractivity contribution in [3.05, 3.63) is 24.0 Å². The van der Waals surface area contributed by atoms with Gasteiger partial charge in [0.2, 0.25) is 11.8 Å². The van der Waals surface area contributed by atoms with Crippen molar-refractivity contribution >= 4 is 17.5 Å². The Morgan fingerprint density at radius 3 is 2.84 bits per heavy atom. The van der Waals surface area contributed by atoms with Crippen LogP contribution in [0.3, 0.4) is 0 Å². The molecule has 0 saturated carbocycles. The van der Waals surface area contributed by atoms with Crippen LogP contribution in [0.2, 0.25) is 0 Å². The van der Waals surface area contributed by atoms with Gasteiger partial charge in [0, 0.05) is 25.2 Å². The zero-order valence-corrected chi connectivity index (χ0v) is 11.5. The Kier molecular flexibility index (Phi) is 3.83. The Labute approximate surface area is 113 Å². The molecule has 0 spiro atoms. The molecular formula is C14H19N3O2. The number of anilines is 1. The van der Waals surface area contributed by atoms with E-state index in [2.05, 4.69) is 10.3 Å². The lowest BCUT2D eigenvalue weighted by atomic mass is 10.1. The van der Waals surface area contributed by atoms with Gasteiger partial charge in [-0.15, -0.1) is 0 Å². The van der Waals surface area contributed by atoms with Gasteiger partial charge in [0.1, 0.15) is 0 Å². The summed E-state index contributed by atoms with van der Waals surface area (Å²) in [5.41, 5.74) is 1.49. The van der Waals surface area contributed by atoms with Crippen LogP contribution >= 0.6 is 0 Å². The number of hydrogen-bond acceptors (Lipinski definition) is 3. The Morgan fingerprint density at radius 1 is 1.53 bits per heavy atom. The molecule has 19 heavy (non-hydrogen) atoms. The van der Waals surface area contributed by atoms with E-state index in [1.165, 1.54) is 0 Å². The molecule has 1 unspecified atom stereocenters. The second kappa shape index (κ2) is 5.38. The number of carbonyl (C=O) groups excluding carboxylic acids is 2. The van der Waals surface area contributed by atoms with Gasteiger partial charge in [-0.2, -0.15) is 0 Å². The lowest BCUT2D eigenvalue weighted by Gasteiger charge is -2.20. The molecule has 1 N–H and O–H groups in total. The lowest BCUT2D eigenvalue weighted by molar-refractivity contribution is -0.129.